The number of hydrogen-bond donors (Lipinski definition) is 2. The number of aliphatic hydroxyl groups is 1. The van der Waals surface area contributed by atoms with Crippen molar-refractivity contribution < 1.29 is 5.11 Å². The van der Waals surface area contributed by atoms with Gasteiger partial charge in [-0.15, -0.1) is 0 Å². The minimum atomic E-state index is -0.0325. The van der Waals surface area contributed by atoms with Crippen LogP contribution in [0.4, 0.5) is 0 Å². The number of rotatable bonds is 2. The van der Waals surface area contributed by atoms with Crippen molar-refractivity contribution in [2.24, 2.45) is 0 Å². The predicted octanol–water partition coefficient (Wildman–Crippen LogP) is 1.06. The van der Waals surface area contributed by atoms with E-state index >= 15 is 0 Å². The minimum absolute atomic E-state index is 0.0325. The van der Waals surface area contributed by atoms with E-state index in [2.05, 4.69) is 5.32 Å². The second-order valence-electron chi connectivity index (χ2n) is 2.96. The Balaban J connectivity index is 2.13. The Labute approximate surface area is 62.6 Å². The normalized spacial score (nSPS) is 34.2. The molecule has 1 radical (unpaired) electrons. The van der Waals surface area contributed by atoms with Crippen molar-refractivity contribution in [1.82, 2.24) is 5.32 Å². The monoisotopic (exact) mass is 142 g/mol. The quantitative estimate of drug-likeness (QED) is 0.604. The first-order valence-electron chi connectivity index (χ1n) is 4.05. The van der Waals surface area contributed by atoms with Crippen molar-refractivity contribution in [1.29, 1.82) is 0 Å². The highest BCUT2D eigenvalue weighted by molar-refractivity contribution is 4.77. The highest BCUT2D eigenvalue weighted by Gasteiger charge is 2.17. The first kappa shape index (κ1) is 8.02. The van der Waals surface area contributed by atoms with Gasteiger partial charge >= 0.3 is 0 Å². The van der Waals surface area contributed by atoms with Crippen LogP contribution in [0.1, 0.15) is 32.6 Å². The molecular formula is C8H16NO. The maximum Gasteiger partial charge on any atom is 0.0541 e. The Kier molecular flexibility index (Phi) is 3.16. The third-order valence-corrected chi connectivity index (χ3v) is 2.10. The highest BCUT2D eigenvalue weighted by atomic mass is 16.3. The molecule has 1 rings (SSSR count). The average molecular weight is 142 g/mol. The Morgan fingerprint density at radius 2 is 1.90 bits per heavy atom. The molecule has 0 aromatic rings. The van der Waals surface area contributed by atoms with Gasteiger partial charge in [-0.25, -0.2) is 0 Å². The highest BCUT2D eigenvalue weighted by Crippen LogP contribution is 2.18. The third-order valence-electron chi connectivity index (χ3n) is 2.10. The zero-order valence-corrected chi connectivity index (χ0v) is 6.51. The molecule has 2 N–H and O–H groups in total. The molecule has 0 bridgehead atoms. The van der Waals surface area contributed by atoms with Crippen LogP contribution in [-0.4, -0.2) is 17.3 Å². The maximum atomic E-state index is 9.16. The fraction of sp³-hybridized carbons (Fsp3) is 0.875. The van der Waals surface area contributed by atoms with Crippen LogP contribution in [-0.2, 0) is 0 Å². The van der Waals surface area contributed by atoms with Gasteiger partial charge in [-0.05, 0) is 32.6 Å². The van der Waals surface area contributed by atoms with Gasteiger partial charge in [-0.3, -0.25) is 0 Å². The lowest BCUT2D eigenvalue weighted by molar-refractivity contribution is 0.118. The summed E-state index contributed by atoms with van der Waals surface area (Å²) in [5, 5.41) is 12.4. The van der Waals surface area contributed by atoms with Crippen LogP contribution < -0.4 is 5.32 Å². The van der Waals surface area contributed by atoms with Crippen molar-refractivity contribution in [3.63, 3.8) is 0 Å². The molecule has 0 heterocycles. The molecule has 0 atom stereocenters. The summed E-state index contributed by atoms with van der Waals surface area (Å²) in [4.78, 5) is 0. The predicted molar refractivity (Wildman–Crippen MR) is 41.4 cm³/mol. The Bertz CT molecular complexity index is 87.3. The molecule has 0 aromatic heterocycles. The molecule has 0 aliphatic heterocycles. The molecule has 59 valence electrons. The van der Waals surface area contributed by atoms with Crippen molar-refractivity contribution in [2.75, 3.05) is 0 Å². The summed E-state index contributed by atoms with van der Waals surface area (Å²) >= 11 is 0. The fourth-order valence-corrected chi connectivity index (χ4v) is 1.48. The van der Waals surface area contributed by atoms with E-state index in [4.69, 9.17) is 5.11 Å². The molecule has 1 aliphatic carbocycles. The van der Waals surface area contributed by atoms with E-state index < -0.39 is 0 Å². The lowest BCUT2D eigenvalue weighted by atomic mass is 9.93. The van der Waals surface area contributed by atoms with E-state index in [1.165, 1.54) is 0 Å². The van der Waals surface area contributed by atoms with Crippen LogP contribution in [0.25, 0.3) is 0 Å². The van der Waals surface area contributed by atoms with Crippen LogP contribution in [0.3, 0.4) is 0 Å². The van der Waals surface area contributed by atoms with Gasteiger partial charge in [-0.2, -0.15) is 0 Å². The van der Waals surface area contributed by atoms with Crippen molar-refractivity contribution in [3.05, 3.63) is 6.54 Å². The number of hydrogen-bond acceptors (Lipinski definition) is 2. The van der Waals surface area contributed by atoms with E-state index in [0.29, 0.717) is 6.04 Å². The first-order chi connectivity index (χ1) is 4.83. The van der Waals surface area contributed by atoms with Gasteiger partial charge in [0.25, 0.3) is 0 Å². The van der Waals surface area contributed by atoms with Gasteiger partial charge in [0.2, 0.25) is 0 Å². The number of aliphatic hydroxyl groups excluding tert-OH is 1. The second-order valence-corrected chi connectivity index (χ2v) is 2.96. The summed E-state index contributed by atoms with van der Waals surface area (Å²) in [6, 6.07) is 0.619. The van der Waals surface area contributed by atoms with Crippen molar-refractivity contribution >= 4 is 0 Å². The van der Waals surface area contributed by atoms with Gasteiger partial charge in [-0.1, -0.05) is 0 Å². The van der Waals surface area contributed by atoms with Gasteiger partial charge in [0.15, 0.2) is 0 Å². The van der Waals surface area contributed by atoms with Crippen LogP contribution >= 0.6 is 0 Å². The SMILES string of the molecule is C[CH]NC1CCC(O)CC1. The number of nitrogens with one attached hydrogen (secondary N) is 1. The third kappa shape index (κ3) is 2.27. The standard InChI is InChI=1S/C8H16NO/c1-2-9-7-3-5-8(10)6-4-7/h2,7-10H,3-6H2,1H3. The van der Waals surface area contributed by atoms with Crippen LogP contribution in [0.15, 0.2) is 0 Å². The second kappa shape index (κ2) is 3.94. The van der Waals surface area contributed by atoms with Crippen molar-refractivity contribution in [3.8, 4) is 0 Å². The van der Waals surface area contributed by atoms with Gasteiger partial charge < -0.3 is 10.4 Å². The lowest BCUT2D eigenvalue weighted by Gasteiger charge is -2.25. The average Bonchev–Trinajstić information content (AvgIpc) is 1.95. The van der Waals surface area contributed by atoms with E-state index in [1.807, 2.05) is 13.5 Å². The molecule has 0 unspecified atom stereocenters. The Morgan fingerprint density at radius 3 is 2.40 bits per heavy atom. The van der Waals surface area contributed by atoms with Crippen LogP contribution in [0.5, 0.6) is 0 Å². The molecule has 0 spiro atoms. The Morgan fingerprint density at radius 1 is 1.30 bits per heavy atom. The van der Waals surface area contributed by atoms with Crippen LogP contribution in [0, 0.1) is 6.54 Å². The Hall–Kier alpha value is -0.0800. The smallest absolute Gasteiger partial charge is 0.0541 e. The molecule has 0 aromatic carbocycles. The van der Waals surface area contributed by atoms with Crippen molar-refractivity contribution in [2.45, 2.75) is 44.8 Å². The molecule has 2 heteroatoms. The van der Waals surface area contributed by atoms with E-state index in [0.717, 1.165) is 25.7 Å². The van der Waals surface area contributed by atoms with Gasteiger partial charge in [0, 0.05) is 12.6 Å². The van der Waals surface area contributed by atoms with E-state index in [1.54, 1.807) is 0 Å². The largest absolute Gasteiger partial charge is 0.393 e. The van der Waals surface area contributed by atoms with Gasteiger partial charge in [0.05, 0.1) is 6.10 Å². The summed E-state index contributed by atoms with van der Waals surface area (Å²) < 4.78 is 0. The molecule has 0 amide bonds. The molecular weight excluding hydrogens is 126 g/mol. The summed E-state index contributed by atoms with van der Waals surface area (Å²) in [5.41, 5.74) is 0. The lowest BCUT2D eigenvalue weighted by Crippen LogP contribution is -2.32. The zero-order chi connectivity index (χ0) is 7.40. The van der Waals surface area contributed by atoms with E-state index in [9.17, 15) is 0 Å². The molecule has 2 nitrogen and oxygen atoms in total. The molecule has 1 fully saturated rings. The zero-order valence-electron chi connectivity index (χ0n) is 6.51. The molecule has 0 saturated heterocycles. The fourth-order valence-electron chi connectivity index (χ4n) is 1.48. The molecule has 1 aliphatic rings. The molecule has 1 saturated carbocycles. The summed E-state index contributed by atoms with van der Waals surface area (Å²) in [7, 11) is 0. The van der Waals surface area contributed by atoms with Crippen LogP contribution in [0.2, 0.25) is 0 Å². The maximum absolute atomic E-state index is 9.16. The summed E-state index contributed by atoms with van der Waals surface area (Å²) in [6.07, 6.45) is 4.13. The summed E-state index contributed by atoms with van der Waals surface area (Å²) in [5.74, 6) is 0. The van der Waals surface area contributed by atoms with Gasteiger partial charge in [0.1, 0.15) is 0 Å². The topological polar surface area (TPSA) is 32.3 Å². The first-order valence-corrected chi connectivity index (χ1v) is 4.05. The molecule has 10 heavy (non-hydrogen) atoms. The van der Waals surface area contributed by atoms with E-state index in [-0.39, 0.29) is 6.10 Å². The summed E-state index contributed by atoms with van der Waals surface area (Å²) in [6.45, 7) is 3.99. The minimum Gasteiger partial charge on any atom is -0.393 e.